The molecule has 0 aliphatic carbocycles. The van der Waals surface area contributed by atoms with Crippen molar-refractivity contribution in [3.63, 3.8) is 0 Å². The predicted octanol–water partition coefficient (Wildman–Crippen LogP) is 5.48. The molecule has 0 bridgehead atoms. The van der Waals surface area contributed by atoms with Crippen molar-refractivity contribution in [3.8, 4) is 6.07 Å². The minimum Gasteiger partial charge on any atom is -0.362 e. The van der Waals surface area contributed by atoms with Gasteiger partial charge in [-0.2, -0.15) is 5.26 Å². The third-order valence-corrected chi connectivity index (χ3v) is 5.94. The second-order valence-electron chi connectivity index (χ2n) is 8.14. The number of rotatable bonds is 7. The first-order chi connectivity index (χ1) is 14.6. The molecule has 30 heavy (non-hydrogen) atoms. The smallest absolute Gasteiger partial charge is 0.230 e. The van der Waals surface area contributed by atoms with Crippen LogP contribution in [0.5, 0.6) is 0 Å². The van der Waals surface area contributed by atoms with Crippen molar-refractivity contribution in [1.82, 2.24) is 4.90 Å². The molecule has 0 aromatic heterocycles. The first kappa shape index (κ1) is 21.6. The summed E-state index contributed by atoms with van der Waals surface area (Å²) in [5.41, 5.74) is 3.71. The van der Waals surface area contributed by atoms with Crippen LogP contribution in [0.1, 0.15) is 55.7 Å². The van der Waals surface area contributed by atoms with Crippen LogP contribution in [-0.2, 0) is 11.2 Å². The predicted molar refractivity (Wildman–Crippen MR) is 122 cm³/mol. The van der Waals surface area contributed by atoms with Crippen LogP contribution in [-0.4, -0.2) is 23.9 Å². The summed E-state index contributed by atoms with van der Waals surface area (Å²) in [6, 6.07) is 18.1. The second kappa shape index (κ2) is 10.6. The molecule has 0 saturated carbocycles. The zero-order valence-corrected chi connectivity index (χ0v) is 18.0. The number of hydrogen-bond acceptors (Lipinski definition) is 3. The summed E-state index contributed by atoms with van der Waals surface area (Å²) in [5, 5.41) is 12.7. The van der Waals surface area contributed by atoms with Crippen molar-refractivity contribution in [1.29, 1.82) is 5.26 Å². The number of anilines is 1. The van der Waals surface area contributed by atoms with Crippen molar-refractivity contribution >= 4 is 11.6 Å². The van der Waals surface area contributed by atoms with Crippen LogP contribution in [0.15, 0.2) is 60.8 Å². The van der Waals surface area contributed by atoms with E-state index in [1.165, 1.54) is 0 Å². The first-order valence-electron chi connectivity index (χ1n) is 10.9. The molecule has 1 saturated heterocycles. The van der Waals surface area contributed by atoms with Crippen molar-refractivity contribution in [2.75, 3.05) is 18.4 Å². The molecule has 1 heterocycles. The van der Waals surface area contributed by atoms with Crippen LogP contribution in [0.3, 0.4) is 0 Å². The molecule has 4 heteroatoms. The van der Waals surface area contributed by atoms with Gasteiger partial charge in [0.15, 0.2) is 0 Å². The van der Waals surface area contributed by atoms with Crippen molar-refractivity contribution in [2.45, 2.75) is 45.4 Å². The van der Waals surface area contributed by atoms with Gasteiger partial charge in [0.1, 0.15) is 0 Å². The summed E-state index contributed by atoms with van der Waals surface area (Å²) >= 11 is 0. The highest BCUT2D eigenvalue weighted by Crippen LogP contribution is 2.29. The number of carbonyl (C=O) groups excluding carboxylic acids is 1. The minimum atomic E-state index is -0.211. The number of allylic oxidation sites excluding steroid dienone is 1. The summed E-state index contributed by atoms with van der Waals surface area (Å²) in [6.07, 6.45) is 7.37. The normalized spacial score (nSPS) is 15.7. The Balaban J connectivity index is 1.84. The van der Waals surface area contributed by atoms with Gasteiger partial charge in [-0.3, -0.25) is 4.79 Å². The van der Waals surface area contributed by atoms with Crippen molar-refractivity contribution in [3.05, 3.63) is 77.5 Å². The number of nitrogens with zero attached hydrogens (tertiary/aromatic N) is 2. The van der Waals surface area contributed by atoms with Gasteiger partial charge in [-0.15, -0.1) is 0 Å². The quantitative estimate of drug-likeness (QED) is 0.668. The Morgan fingerprint density at radius 2 is 2.00 bits per heavy atom. The summed E-state index contributed by atoms with van der Waals surface area (Å²) in [5.74, 6) is 0.681. The standard InChI is InChI=1S/C26H31N3O/c1-3-15-28-24-10-6-9-22(18-24)25(26(30)29-16-13-20(2)14-17-29)12-11-21-7-4-5-8-23(21)19-27/h3-10,15,18,20,25,28H,11-14,16-17H2,1-2H3/b15-3-. The van der Waals surface area contributed by atoms with Crippen LogP contribution < -0.4 is 5.32 Å². The van der Waals surface area contributed by atoms with E-state index in [0.717, 1.165) is 42.7 Å². The molecule has 1 amide bonds. The highest BCUT2D eigenvalue weighted by atomic mass is 16.2. The number of piperidine rings is 1. The molecule has 4 nitrogen and oxygen atoms in total. The average molecular weight is 402 g/mol. The van der Waals surface area contributed by atoms with Crippen molar-refractivity contribution in [2.24, 2.45) is 5.92 Å². The molecular formula is C26H31N3O. The zero-order chi connectivity index (χ0) is 21.3. The molecule has 2 aromatic rings. The van der Waals surface area contributed by atoms with E-state index in [2.05, 4.69) is 24.4 Å². The van der Waals surface area contributed by atoms with Crippen molar-refractivity contribution < 1.29 is 4.79 Å². The van der Waals surface area contributed by atoms with Gasteiger partial charge < -0.3 is 10.2 Å². The molecule has 3 rings (SSSR count). The number of carbonyl (C=O) groups is 1. The average Bonchev–Trinajstić information content (AvgIpc) is 2.78. The minimum absolute atomic E-state index is 0.208. The lowest BCUT2D eigenvalue weighted by Gasteiger charge is -2.33. The first-order valence-corrected chi connectivity index (χ1v) is 10.9. The van der Waals surface area contributed by atoms with Gasteiger partial charge in [-0.05, 0) is 74.1 Å². The van der Waals surface area contributed by atoms with Gasteiger partial charge in [-0.1, -0.05) is 43.3 Å². The van der Waals surface area contributed by atoms with Gasteiger partial charge in [-0.25, -0.2) is 0 Å². The number of nitrogens with one attached hydrogen (secondary N) is 1. The Bertz CT molecular complexity index is 920. The third kappa shape index (κ3) is 5.51. The van der Waals surface area contributed by atoms with Gasteiger partial charge >= 0.3 is 0 Å². The summed E-state index contributed by atoms with van der Waals surface area (Å²) in [6.45, 7) is 5.89. The number of nitriles is 1. The lowest BCUT2D eigenvalue weighted by molar-refractivity contribution is -0.134. The maximum Gasteiger partial charge on any atom is 0.230 e. The fourth-order valence-electron chi connectivity index (χ4n) is 4.05. The van der Waals surface area contributed by atoms with Crippen LogP contribution in [0, 0.1) is 17.2 Å². The molecule has 1 aliphatic heterocycles. The maximum absolute atomic E-state index is 13.5. The molecule has 1 unspecified atom stereocenters. The lowest BCUT2D eigenvalue weighted by Crippen LogP contribution is -2.40. The van der Waals surface area contributed by atoms with Gasteiger partial charge in [0.25, 0.3) is 0 Å². The number of benzene rings is 2. The molecule has 1 atom stereocenters. The molecule has 1 aliphatic rings. The van der Waals surface area contributed by atoms with E-state index in [0.29, 0.717) is 24.3 Å². The zero-order valence-electron chi connectivity index (χ0n) is 18.0. The van der Waals surface area contributed by atoms with Crippen LogP contribution >= 0.6 is 0 Å². The van der Waals surface area contributed by atoms with E-state index in [4.69, 9.17) is 0 Å². The number of aryl methyl sites for hydroxylation is 1. The van der Waals surface area contributed by atoms with E-state index in [-0.39, 0.29) is 11.8 Å². The second-order valence-corrected chi connectivity index (χ2v) is 8.14. The number of amides is 1. The number of likely N-dealkylation sites (tertiary alicyclic amines) is 1. The highest BCUT2D eigenvalue weighted by Gasteiger charge is 2.28. The fourth-order valence-corrected chi connectivity index (χ4v) is 4.05. The largest absolute Gasteiger partial charge is 0.362 e. The van der Waals surface area contributed by atoms with E-state index in [1.54, 1.807) is 0 Å². The molecule has 156 valence electrons. The van der Waals surface area contributed by atoms with Gasteiger partial charge in [0.05, 0.1) is 17.6 Å². The number of hydrogen-bond donors (Lipinski definition) is 1. The summed E-state index contributed by atoms with van der Waals surface area (Å²) < 4.78 is 0. The Morgan fingerprint density at radius 3 is 2.73 bits per heavy atom. The molecular weight excluding hydrogens is 370 g/mol. The SMILES string of the molecule is C/C=C\Nc1cccc(C(CCc2ccccc2C#N)C(=O)N2CCC(C)CC2)c1. The Morgan fingerprint density at radius 1 is 1.23 bits per heavy atom. The molecule has 1 N–H and O–H groups in total. The summed E-state index contributed by atoms with van der Waals surface area (Å²) in [7, 11) is 0. The van der Waals surface area contributed by atoms with E-state index >= 15 is 0 Å². The van der Waals surface area contributed by atoms with Crippen LogP contribution in [0.2, 0.25) is 0 Å². The van der Waals surface area contributed by atoms with E-state index in [1.807, 2.05) is 66.6 Å². The van der Waals surface area contributed by atoms with Gasteiger partial charge in [0.2, 0.25) is 5.91 Å². The molecule has 1 fully saturated rings. The monoisotopic (exact) mass is 401 g/mol. The Labute approximate surface area is 180 Å². The highest BCUT2D eigenvalue weighted by molar-refractivity contribution is 5.84. The summed E-state index contributed by atoms with van der Waals surface area (Å²) in [4.78, 5) is 15.6. The molecule has 0 radical (unpaired) electrons. The third-order valence-electron chi connectivity index (χ3n) is 5.94. The maximum atomic E-state index is 13.5. The van der Waals surface area contributed by atoms with E-state index in [9.17, 15) is 10.1 Å². The Kier molecular flexibility index (Phi) is 7.68. The lowest BCUT2D eigenvalue weighted by atomic mass is 9.88. The topological polar surface area (TPSA) is 56.1 Å². The van der Waals surface area contributed by atoms with E-state index < -0.39 is 0 Å². The van der Waals surface area contributed by atoms with Crippen LogP contribution in [0.4, 0.5) is 5.69 Å². The molecule has 2 aromatic carbocycles. The fraction of sp³-hybridized carbons (Fsp3) is 0.385. The van der Waals surface area contributed by atoms with Gasteiger partial charge in [0, 0.05) is 18.8 Å². The van der Waals surface area contributed by atoms with Crippen LogP contribution in [0.25, 0.3) is 0 Å². The molecule has 0 spiro atoms. The Hall–Kier alpha value is -3.06.